The molecule has 1 aromatic heterocycles. The van der Waals surface area contributed by atoms with Gasteiger partial charge in [-0.1, -0.05) is 23.8 Å². The molecule has 1 atom stereocenters. The van der Waals surface area contributed by atoms with Gasteiger partial charge in [0.2, 0.25) is 5.91 Å². The first-order valence-corrected chi connectivity index (χ1v) is 9.00. The summed E-state index contributed by atoms with van der Waals surface area (Å²) in [6, 6.07) is 8.59. The van der Waals surface area contributed by atoms with Crippen molar-refractivity contribution < 1.29 is 4.79 Å². The van der Waals surface area contributed by atoms with Gasteiger partial charge >= 0.3 is 0 Å². The molecule has 2 aromatic rings. The van der Waals surface area contributed by atoms with E-state index in [9.17, 15) is 4.79 Å². The lowest BCUT2D eigenvalue weighted by molar-refractivity contribution is -0.128. The minimum absolute atomic E-state index is 0.153. The molecule has 1 fully saturated rings. The van der Waals surface area contributed by atoms with Gasteiger partial charge in [0.1, 0.15) is 5.37 Å². The van der Waals surface area contributed by atoms with Crippen LogP contribution in [0.3, 0.4) is 0 Å². The van der Waals surface area contributed by atoms with Crippen molar-refractivity contribution >= 4 is 29.0 Å². The molecule has 0 radical (unpaired) electrons. The number of aryl methyl sites for hydroxylation is 3. The molecule has 21 heavy (non-hydrogen) atoms. The maximum absolute atomic E-state index is 12.3. The third-order valence-corrected chi connectivity index (χ3v) is 5.94. The number of rotatable bonds is 3. The summed E-state index contributed by atoms with van der Waals surface area (Å²) >= 11 is 3.47. The summed E-state index contributed by atoms with van der Waals surface area (Å²) in [4.78, 5) is 15.6. The summed E-state index contributed by atoms with van der Waals surface area (Å²) in [5, 5.41) is 2.22. The Morgan fingerprint density at radius 1 is 1.24 bits per heavy atom. The summed E-state index contributed by atoms with van der Waals surface area (Å²) < 4.78 is 0. The van der Waals surface area contributed by atoms with Gasteiger partial charge in [-0.05, 0) is 48.9 Å². The predicted octanol–water partition coefficient (Wildman–Crippen LogP) is 4.45. The third-order valence-electron chi connectivity index (χ3n) is 3.86. The van der Waals surface area contributed by atoms with Crippen molar-refractivity contribution in [3.8, 4) is 0 Å². The van der Waals surface area contributed by atoms with Gasteiger partial charge in [0, 0.05) is 4.88 Å². The highest BCUT2D eigenvalue weighted by Gasteiger charge is 2.34. The fourth-order valence-electron chi connectivity index (χ4n) is 3.02. The Bertz CT molecular complexity index is 640. The van der Waals surface area contributed by atoms with Crippen molar-refractivity contribution in [3.63, 3.8) is 0 Å². The average molecular weight is 317 g/mol. The zero-order valence-corrected chi connectivity index (χ0v) is 14.2. The quantitative estimate of drug-likeness (QED) is 0.833. The van der Waals surface area contributed by atoms with Gasteiger partial charge in [-0.3, -0.25) is 4.79 Å². The number of hydrogen-bond acceptors (Lipinski definition) is 3. The summed E-state index contributed by atoms with van der Waals surface area (Å²) in [6.45, 7) is 7.16. The van der Waals surface area contributed by atoms with Gasteiger partial charge in [0.05, 0.1) is 12.3 Å². The second-order valence-corrected chi connectivity index (χ2v) is 7.68. The van der Waals surface area contributed by atoms with E-state index in [0.29, 0.717) is 5.75 Å². The normalized spacial score (nSPS) is 18.5. The monoisotopic (exact) mass is 317 g/mol. The molecule has 1 aliphatic rings. The van der Waals surface area contributed by atoms with Crippen LogP contribution in [0.15, 0.2) is 29.6 Å². The minimum atomic E-state index is 0.153. The van der Waals surface area contributed by atoms with Crippen LogP contribution in [0.1, 0.15) is 32.5 Å². The van der Waals surface area contributed by atoms with E-state index in [-0.39, 0.29) is 11.3 Å². The third kappa shape index (κ3) is 2.87. The van der Waals surface area contributed by atoms with E-state index >= 15 is 0 Å². The van der Waals surface area contributed by atoms with E-state index in [1.807, 2.05) is 11.0 Å². The molecule has 1 unspecified atom stereocenters. The van der Waals surface area contributed by atoms with Crippen LogP contribution in [0.2, 0.25) is 0 Å². The Hall–Kier alpha value is -1.26. The lowest BCUT2D eigenvalue weighted by atomic mass is 9.99. The van der Waals surface area contributed by atoms with E-state index in [1.165, 1.54) is 27.1 Å². The molecular formula is C17H19NOS2. The number of thiophene rings is 1. The first kappa shape index (κ1) is 14.7. The molecule has 0 spiro atoms. The maximum atomic E-state index is 12.3. The molecule has 0 aliphatic carbocycles. The fraction of sp³-hybridized carbons (Fsp3) is 0.353. The second kappa shape index (κ2) is 5.85. The SMILES string of the molecule is Cc1cc(C)c(C2SCC(=O)N2Cc2cccs2)c(C)c1. The molecule has 3 rings (SSSR count). The number of carbonyl (C=O) groups is 1. The molecule has 0 saturated carbocycles. The highest BCUT2D eigenvalue weighted by Crippen LogP contribution is 2.42. The van der Waals surface area contributed by atoms with E-state index in [0.717, 1.165) is 6.54 Å². The molecule has 1 amide bonds. The van der Waals surface area contributed by atoms with Gasteiger partial charge in [-0.25, -0.2) is 0 Å². The molecule has 1 aliphatic heterocycles. The fourth-order valence-corrected chi connectivity index (χ4v) is 5.09. The summed E-state index contributed by atoms with van der Waals surface area (Å²) in [7, 11) is 0. The topological polar surface area (TPSA) is 20.3 Å². The van der Waals surface area contributed by atoms with Crippen LogP contribution in [0.4, 0.5) is 0 Å². The number of carbonyl (C=O) groups excluding carboxylic acids is 1. The molecule has 4 heteroatoms. The molecule has 0 N–H and O–H groups in total. The maximum Gasteiger partial charge on any atom is 0.234 e. The van der Waals surface area contributed by atoms with Crippen LogP contribution in [0.5, 0.6) is 0 Å². The van der Waals surface area contributed by atoms with Gasteiger partial charge in [-0.2, -0.15) is 0 Å². The molecule has 1 aromatic carbocycles. The zero-order chi connectivity index (χ0) is 15.0. The van der Waals surface area contributed by atoms with Crippen molar-refractivity contribution in [1.29, 1.82) is 0 Å². The number of thioether (sulfide) groups is 1. The highest BCUT2D eigenvalue weighted by atomic mass is 32.2. The van der Waals surface area contributed by atoms with Crippen LogP contribution < -0.4 is 0 Å². The zero-order valence-electron chi connectivity index (χ0n) is 12.6. The standard InChI is InChI=1S/C17H19NOS2/c1-11-7-12(2)16(13(3)8-11)17-18(15(19)10-21-17)9-14-5-4-6-20-14/h4-8,17H,9-10H2,1-3H3. The van der Waals surface area contributed by atoms with Crippen LogP contribution in [0.25, 0.3) is 0 Å². The number of hydrogen-bond donors (Lipinski definition) is 0. The van der Waals surface area contributed by atoms with Gasteiger partial charge in [0.25, 0.3) is 0 Å². The van der Waals surface area contributed by atoms with Crippen LogP contribution in [0, 0.1) is 20.8 Å². The van der Waals surface area contributed by atoms with Crippen molar-refractivity contribution in [2.75, 3.05) is 5.75 Å². The van der Waals surface area contributed by atoms with Crippen LogP contribution in [-0.4, -0.2) is 16.6 Å². The van der Waals surface area contributed by atoms with Crippen LogP contribution >= 0.6 is 23.1 Å². The number of benzene rings is 1. The lowest BCUT2D eigenvalue weighted by Crippen LogP contribution is -2.28. The molecular weight excluding hydrogens is 298 g/mol. The van der Waals surface area contributed by atoms with Gasteiger partial charge < -0.3 is 4.90 Å². The molecule has 110 valence electrons. The average Bonchev–Trinajstić information content (AvgIpc) is 3.02. The minimum Gasteiger partial charge on any atom is -0.321 e. The van der Waals surface area contributed by atoms with Gasteiger partial charge in [-0.15, -0.1) is 23.1 Å². The molecule has 0 bridgehead atoms. The summed E-state index contributed by atoms with van der Waals surface area (Å²) in [5.74, 6) is 0.834. The molecule has 2 heterocycles. The Morgan fingerprint density at radius 2 is 1.95 bits per heavy atom. The first-order valence-electron chi connectivity index (χ1n) is 7.07. The molecule has 2 nitrogen and oxygen atoms in total. The predicted molar refractivity (Wildman–Crippen MR) is 90.7 cm³/mol. The second-order valence-electron chi connectivity index (χ2n) is 5.58. The molecule has 1 saturated heterocycles. The van der Waals surface area contributed by atoms with E-state index in [1.54, 1.807) is 23.1 Å². The van der Waals surface area contributed by atoms with E-state index in [4.69, 9.17) is 0 Å². The Morgan fingerprint density at radius 3 is 2.57 bits per heavy atom. The number of nitrogens with zero attached hydrogens (tertiary/aromatic N) is 1. The Balaban J connectivity index is 1.95. The van der Waals surface area contributed by atoms with E-state index < -0.39 is 0 Å². The largest absolute Gasteiger partial charge is 0.321 e. The van der Waals surface area contributed by atoms with Crippen molar-refractivity contribution in [2.45, 2.75) is 32.7 Å². The smallest absolute Gasteiger partial charge is 0.234 e. The number of amides is 1. The van der Waals surface area contributed by atoms with E-state index in [2.05, 4.69) is 44.4 Å². The van der Waals surface area contributed by atoms with Crippen molar-refractivity contribution in [3.05, 3.63) is 56.8 Å². The summed E-state index contributed by atoms with van der Waals surface area (Å²) in [6.07, 6.45) is 0. The highest BCUT2D eigenvalue weighted by molar-refractivity contribution is 8.00. The lowest BCUT2D eigenvalue weighted by Gasteiger charge is -2.26. The summed E-state index contributed by atoms with van der Waals surface area (Å²) in [5.41, 5.74) is 5.17. The Labute approximate surface area is 134 Å². The van der Waals surface area contributed by atoms with Gasteiger partial charge in [0.15, 0.2) is 0 Å². The van der Waals surface area contributed by atoms with Crippen molar-refractivity contribution in [2.24, 2.45) is 0 Å². The van der Waals surface area contributed by atoms with Crippen LogP contribution in [-0.2, 0) is 11.3 Å². The first-order chi connectivity index (χ1) is 10.1. The Kier molecular flexibility index (Phi) is 4.09. The van der Waals surface area contributed by atoms with Crippen molar-refractivity contribution in [1.82, 2.24) is 4.90 Å².